The van der Waals surface area contributed by atoms with Gasteiger partial charge in [-0.3, -0.25) is 4.79 Å². The van der Waals surface area contributed by atoms with E-state index in [1.165, 1.54) is 23.5 Å². The van der Waals surface area contributed by atoms with Crippen molar-refractivity contribution in [3.8, 4) is 5.69 Å². The number of carbonyl (C=O) groups excluding carboxylic acids is 1. The van der Waals surface area contributed by atoms with Crippen molar-refractivity contribution >= 4 is 39.9 Å². The second kappa shape index (κ2) is 7.96. The Morgan fingerprint density at radius 2 is 2.11 bits per heavy atom. The molecule has 0 aliphatic carbocycles. The third kappa shape index (κ3) is 3.85. The van der Waals surface area contributed by atoms with Gasteiger partial charge in [-0.25, -0.2) is 9.07 Å². The van der Waals surface area contributed by atoms with Gasteiger partial charge in [0.2, 0.25) is 0 Å². The number of hydrogen-bond acceptors (Lipinski definition) is 4. The molecule has 27 heavy (non-hydrogen) atoms. The van der Waals surface area contributed by atoms with Gasteiger partial charge in [-0.15, -0.1) is 23.7 Å². The van der Waals surface area contributed by atoms with Gasteiger partial charge in [0.1, 0.15) is 10.6 Å². The number of nitrogens with one attached hydrogen (secondary N) is 2. The van der Waals surface area contributed by atoms with Crippen LogP contribution < -0.4 is 10.6 Å². The summed E-state index contributed by atoms with van der Waals surface area (Å²) in [5, 5.41) is 12.0. The van der Waals surface area contributed by atoms with Gasteiger partial charge in [0.25, 0.3) is 5.91 Å². The Kier molecular flexibility index (Phi) is 5.83. The molecule has 3 aromatic rings. The maximum absolute atomic E-state index is 13.2. The third-order valence-corrected chi connectivity index (χ3v) is 6.03. The molecule has 0 saturated carbocycles. The first-order chi connectivity index (χ1) is 12.5. The van der Waals surface area contributed by atoms with Crippen LogP contribution in [-0.2, 0) is 0 Å². The van der Waals surface area contributed by atoms with Gasteiger partial charge in [-0.05, 0) is 63.6 Å². The lowest BCUT2D eigenvalue weighted by molar-refractivity contribution is 0.0924. The van der Waals surface area contributed by atoms with Crippen molar-refractivity contribution < 1.29 is 9.18 Å². The molecule has 3 heterocycles. The predicted molar refractivity (Wildman–Crippen MR) is 109 cm³/mol. The van der Waals surface area contributed by atoms with E-state index in [-0.39, 0.29) is 36.2 Å². The lowest BCUT2D eigenvalue weighted by atomic mass is 10.00. The van der Waals surface area contributed by atoms with Gasteiger partial charge in [0.15, 0.2) is 0 Å². The first-order valence-electron chi connectivity index (χ1n) is 8.82. The molecule has 1 fully saturated rings. The van der Waals surface area contributed by atoms with Gasteiger partial charge in [-0.2, -0.15) is 5.10 Å². The van der Waals surface area contributed by atoms with E-state index >= 15 is 0 Å². The van der Waals surface area contributed by atoms with Crippen LogP contribution >= 0.6 is 23.7 Å². The van der Waals surface area contributed by atoms with Crippen molar-refractivity contribution in [2.75, 3.05) is 6.54 Å². The summed E-state index contributed by atoms with van der Waals surface area (Å²) < 4.78 is 15.0. The highest BCUT2D eigenvalue weighted by molar-refractivity contribution is 7.20. The molecule has 1 aliphatic heterocycles. The van der Waals surface area contributed by atoms with Crippen LogP contribution in [0.3, 0.4) is 0 Å². The summed E-state index contributed by atoms with van der Waals surface area (Å²) >= 11 is 1.42. The fraction of sp³-hybridized carbons (Fsp3) is 0.368. The normalized spacial score (nSPS) is 19.7. The molecule has 5 nitrogen and oxygen atoms in total. The fourth-order valence-electron chi connectivity index (χ4n) is 3.40. The highest BCUT2D eigenvalue weighted by Gasteiger charge is 2.24. The van der Waals surface area contributed by atoms with E-state index in [0.717, 1.165) is 41.0 Å². The van der Waals surface area contributed by atoms with E-state index in [2.05, 4.69) is 22.7 Å². The van der Waals surface area contributed by atoms with E-state index in [1.807, 2.05) is 13.0 Å². The number of fused-ring (bicyclic) bond motifs is 1. The minimum Gasteiger partial charge on any atom is -0.347 e. The summed E-state index contributed by atoms with van der Waals surface area (Å²) in [5.41, 5.74) is 1.63. The number of piperidine rings is 1. The van der Waals surface area contributed by atoms with Crippen LogP contribution in [-0.4, -0.2) is 34.3 Å². The zero-order chi connectivity index (χ0) is 18.3. The Morgan fingerprint density at radius 3 is 2.81 bits per heavy atom. The van der Waals surface area contributed by atoms with Gasteiger partial charge in [-0.1, -0.05) is 0 Å². The van der Waals surface area contributed by atoms with E-state index in [1.54, 1.807) is 16.8 Å². The average Bonchev–Trinajstić information content (AvgIpc) is 3.19. The molecule has 2 unspecified atom stereocenters. The van der Waals surface area contributed by atoms with Crippen molar-refractivity contribution in [3.63, 3.8) is 0 Å². The van der Waals surface area contributed by atoms with Crippen molar-refractivity contribution in [2.45, 2.75) is 38.8 Å². The lowest BCUT2D eigenvalue weighted by Gasteiger charge is -2.30. The molecule has 1 saturated heterocycles. The van der Waals surface area contributed by atoms with Crippen LogP contribution in [0.25, 0.3) is 15.9 Å². The van der Waals surface area contributed by atoms with E-state index in [4.69, 9.17) is 0 Å². The number of aromatic nitrogens is 2. The van der Waals surface area contributed by atoms with E-state index in [0.29, 0.717) is 4.88 Å². The number of benzene rings is 1. The molecule has 1 aliphatic rings. The Hall–Kier alpha value is -1.96. The van der Waals surface area contributed by atoms with E-state index < -0.39 is 0 Å². The maximum Gasteiger partial charge on any atom is 0.261 e. The predicted octanol–water partition coefficient (Wildman–Crippen LogP) is 3.83. The standard InChI is InChI=1S/C19H21FN4OS.ClH/c1-11-15-10-17(18(25)22-16-4-3-9-21-12(16)2)26-19(15)24(23-11)14-7-5-13(20)6-8-14;/h5-8,10,12,16,21H,3-4,9H2,1-2H3,(H,22,25);1H. The first kappa shape index (κ1) is 19.8. The summed E-state index contributed by atoms with van der Waals surface area (Å²) in [6.45, 7) is 5.03. The second-order valence-corrected chi connectivity index (χ2v) is 7.80. The van der Waals surface area contributed by atoms with Crippen LogP contribution in [0.2, 0.25) is 0 Å². The molecule has 0 bridgehead atoms. The molecule has 8 heteroatoms. The number of amides is 1. The zero-order valence-corrected chi connectivity index (χ0v) is 16.8. The largest absolute Gasteiger partial charge is 0.347 e. The zero-order valence-electron chi connectivity index (χ0n) is 15.2. The smallest absolute Gasteiger partial charge is 0.261 e. The van der Waals surface area contributed by atoms with Crippen LogP contribution in [0.1, 0.15) is 35.1 Å². The number of aryl methyl sites for hydroxylation is 1. The number of nitrogens with zero attached hydrogens (tertiary/aromatic N) is 2. The molecule has 2 N–H and O–H groups in total. The SMILES string of the molecule is Cc1nn(-c2ccc(F)cc2)c2sc(C(=O)NC3CCCNC3C)cc12.Cl. The first-order valence-corrected chi connectivity index (χ1v) is 9.64. The summed E-state index contributed by atoms with van der Waals surface area (Å²) in [6, 6.07) is 8.54. The lowest BCUT2D eigenvalue weighted by Crippen LogP contribution is -2.51. The van der Waals surface area contributed by atoms with Crippen molar-refractivity contribution in [1.82, 2.24) is 20.4 Å². The topological polar surface area (TPSA) is 59.0 Å². The Balaban J connectivity index is 0.00000210. The quantitative estimate of drug-likeness (QED) is 0.692. The monoisotopic (exact) mass is 408 g/mol. The Morgan fingerprint density at radius 1 is 1.37 bits per heavy atom. The summed E-state index contributed by atoms with van der Waals surface area (Å²) in [5.74, 6) is -0.327. The number of carbonyl (C=O) groups is 1. The third-order valence-electron chi connectivity index (χ3n) is 4.92. The summed E-state index contributed by atoms with van der Waals surface area (Å²) in [7, 11) is 0. The minimum atomic E-state index is -0.282. The maximum atomic E-state index is 13.2. The molecule has 4 rings (SSSR count). The Labute approximate surface area is 167 Å². The van der Waals surface area contributed by atoms with Gasteiger partial charge in [0, 0.05) is 17.5 Å². The van der Waals surface area contributed by atoms with Crippen LogP contribution in [0.15, 0.2) is 30.3 Å². The number of hydrogen-bond donors (Lipinski definition) is 2. The number of thiophene rings is 1. The Bertz CT molecular complexity index is 953. The molecule has 0 spiro atoms. The van der Waals surface area contributed by atoms with Crippen LogP contribution in [0, 0.1) is 12.7 Å². The average molecular weight is 409 g/mol. The highest BCUT2D eigenvalue weighted by atomic mass is 35.5. The molecule has 1 aromatic carbocycles. The van der Waals surface area contributed by atoms with Crippen LogP contribution in [0.5, 0.6) is 0 Å². The van der Waals surface area contributed by atoms with Crippen molar-refractivity contribution in [3.05, 3.63) is 46.7 Å². The molecule has 144 valence electrons. The minimum absolute atomic E-state index is 0. The molecular formula is C19H22ClFN4OS. The summed E-state index contributed by atoms with van der Waals surface area (Å²) in [6.07, 6.45) is 2.06. The summed E-state index contributed by atoms with van der Waals surface area (Å²) in [4.78, 5) is 14.3. The molecule has 0 radical (unpaired) electrons. The molecule has 2 aromatic heterocycles. The molecule has 2 atom stereocenters. The molecular weight excluding hydrogens is 387 g/mol. The molecule has 1 amide bonds. The highest BCUT2D eigenvalue weighted by Crippen LogP contribution is 2.30. The number of rotatable bonds is 3. The van der Waals surface area contributed by atoms with Crippen molar-refractivity contribution in [1.29, 1.82) is 0 Å². The fourth-order valence-corrected chi connectivity index (χ4v) is 4.48. The second-order valence-electron chi connectivity index (χ2n) is 6.77. The number of halogens is 2. The van der Waals surface area contributed by atoms with Gasteiger partial charge < -0.3 is 10.6 Å². The van der Waals surface area contributed by atoms with Gasteiger partial charge >= 0.3 is 0 Å². The van der Waals surface area contributed by atoms with Crippen LogP contribution in [0.4, 0.5) is 4.39 Å². The van der Waals surface area contributed by atoms with Crippen molar-refractivity contribution in [2.24, 2.45) is 0 Å². The van der Waals surface area contributed by atoms with Gasteiger partial charge in [0.05, 0.1) is 16.3 Å². The van der Waals surface area contributed by atoms with E-state index in [9.17, 15) is 9.18 Å².